The number of hydrogen-bond acceptors (Lipinski definition) is 5. The number of halogens is 3. The Bertz CT molecular complexity index is 577. The average molecular weight is 379 g/mol. The maximum Gasteiger partial charge on any atom is 0.283 e. The van der Waals surface area contributed by atoms with Crippen molar-refractivity contribution in [1.82, 2.24) is 4.98 Å². The lowest BCUT2D eigenvalue weighted by Gasteiger charge is -2.05. The number of rotatable bonds is 3. The molecule has 0 spiro atoms. The summed E-state index contributed by atoms with van der Waals surface area (Å²) >= 11 is 1.28. The van der Waals surface area contributed by atoms with Crippen LogP contribution in [0.1, 0.15) is 12.0 Å². The van der Waals surface area contributed by atoms with Crippen LogP contribution in [-0.2, 0) is 10.0 Å². The first kappa shape index (κ1) is 14.1. The summed E-state index contributed by atoms with van der Waals surface area (Å²) in [4.78, 5) is 12.7. The number of pyridine rings is 1. The molecule has 0 aromatic carbocycles. The Morgan fingerprint density at radius 1 is 1.53 bits per heavy atom. The van der Waals surface area contributed by atoms with Crippen molar-refractivity contribution >= 4 is 38.3 Å². The minimum Gasteiger partial charge on any atom is -0.258 e. The predicted octanol–water partition coefficient (Wildman–Crippen LogP) is 1.18. The monoisotopic (exact) mass is 379 g/mol. The van der Waals surface area contributed by atoms with E-state index in [2.05, 4.69) is 4.98 Å². The molecule has 17 heavy (non-hydrogen) atoms. The van der Waals surface area contributed by atoms with Gasteiger partial charge in [0.2, 0.25) is 0 Å². The molecule has 1 heterocycles. The number of nitro groups is 1. The van der Waals surface area contributed by atoms with Crippen LogP contribution in [0.25, 0.3) is 0 Å². The first-order chi connectivity index (χ1) is 7.64. The van der Waals surface area contributed by atoms with Crippen molar-refractivity contribution in [3.63, 3.8) is 0 Å². The maximum absolute atomic E-state index is 12.5. The molecule has 0 aliphatic rings. The van der Waals surface area contributed by atoms with Crippen LogP contribution < -0.4 is 5.14 Å². The van der Waals surface area contributed by atoms with E-state index in [0.717, 1.165) is 0 Å². The zero-order valence-electron chi connectivity index (χ0n) is 7.80. The fraction of sp³-hybridized carbons (Fsp3) is 0.167. The molecule has 0 bridgehead atoms. The zero-order chi connectivity index (χ0) is 13.4. The molecule has 0 saturated carbocycles. The largest absolute Gasteiger partial charge is 0.283 e. The van der Waals surface area contributed by atoms with Gasteiger partial charge in [-0.2, -0.15) is 0 Å². The van der Waals surface area contributed by atoms with Crippen LogP contribution >= 0.6 is 22.6 Å². The van der Waals surface area contributed by atoms with Crippen LogP contribution in [0.15, 0.2) is 11.1 Å². The van der Waals surface area contributed by atoms with Crippen molar-refractivity contribution in [3.05, 3.63) is 25.4 Å². The number of hydrogen-bond donors (Lipinski definition) is 1. The Balaban J connectivity index is 3.64. The summed E-state index contributed by atoms with van der Waals surface area (Å²) in [5.41, 5.74) is -1.95. The molecular weight excluding hydrogens is 375 g/mol. The number of sulfonamides is 1. The number of alkyl halides is 2. The molecule has 1 aromatic rings. The fourth-order valence-corrected chi connectivity index (χ4v) is 2.42. The third-order valence-corrected chi connectivity index (χ3v) is 3.29. The van der Waals surface area contributed by atoms with Gasteiger partial charge in [0.25, 0.3) is 22.1 Å². The van der Waals surface area contributed by atoms with Crippen LogP contribution in [-0.4, -0.2) is 18.3 Å². The molecule has 0 atom stereocenters. The van der Waals surface area contributed by atoms with E-state index in [0.29, 0.717) is 6.07 Å². The molecular formula is C6H4F2IN3O4S. The van der Waals surface area contributed by atoms with Crippen LogP contribution in [0.5, 0.6) is 0 Å². The molecule has 0 aliphatic carbocycles. The zero-order valence-corrected chi connectivity index (χ0v) is 10.8. The first-order valence-corrected chi connectivity index (χ1v) is 6.43. The normalized spacial score (nSPS) is 11.8. The molecule has 0 fully saturated rings. The molecule has 2 N–H and O–H groups in total. The Morgan fingerprint density at radius 2 is 2.06 bits per heavy atom. The summed E-state index contributed by atoms with van der Waals surface area (Å²) in [6, 6.07) is 0.416. The van der Waals surface area contributed by atoms with Gasteiger partial charge in [0.1, 0.15) is 9.26 Å². The number of aromatic nitrogens is 1. The molecule has 1 aromatic heterocycles. The van der Waals surface area contributed by atoms with E-state index >= 15 is 0 Å². The molecule has 11 heteroatoms. The quantitative estimate of drug-likeness (QED) is 0.366. The summed E-state index contributed by atoms with van der Waals surface area (Å²) < 4.78 is 46.5. The van der Waals surface area contributed by atoms with Gasteiger partial charge in [-0.05, 0) is 22.6 Å². The Kier molecular flexibility index (Phi) is 3.93. The topological polar surface area (TPSA) is 116 Å². The molecule has 1 rings (SSSR count). The second-order valence-electron chi connectivity index (χ2n) is 2.79. The van der Waals surface area contributed by atoms with E-state index in [1.807, 2.05) is 0 Å². The lowest BCUT2D eigenvalue weighted by Crippen LogP contribution is -2.16. The van der Waals surface area contributed by atoms with Gasteiger partial charge >= 0.3 is 0 Å². The Morgan fingerprint density at radius 3 is 2.41 bits per heavy atom. The third kappa shape index (κ3) is 3.04. The van der Waals surface area contributed by atoms with Gasteiger partial charge in [-0.3, -0.25) is 10.1 Å². The highest BCUT2D eigenvalue weighted by atomic mass is 127. The minimum absolute atomic E-state index is 0.416. The highest BCUT2D eigenvalue weighted by molar-refractivity contribution is 14.1. The van der Waals surface area contributed by atoms with Gasteiger partial charge in [-0.25, -0.2) is 27.3 Å². The van der Waals surface area contributed by atoms with Crippen molar-refractivity contribution in [1.29, 1.82) is 0 Å². The van der Waals surface area contributed by atoms with Crippen LogP contribution in [0, 0.1) is 13.8 Å². The molecule has 0 unspecified atom stereocenters. The summed E-state index contributed by atoms with van der Waals surface area (Å²) in [5, 5.41) is 14.5. The van der Waals surface area contributed by atoms with Gasteiger partial charge in [0.15, 0.2) is 5.03 Å². The van der Waals surface area contributed by atoms with Crippen LogP contribution in [0.4, 0.5) is 14.5 Å². The van der Waals surface area contributed by atoms with E-state index in [1.54, 1.807) is 0 Å². The Hall–Kier alpha value is -0.950. The predicted molar refractivity (Wildman–Crippen MR) is 59.9 cm³/mol. The fourth-order valence-electron chi connectivity index (χ4n) is 0.988. The molecule has 0 radical (unpaired) electrons. The van der Waals surface area contributed by atoms with Crippen molar-refractivity contribution < 1.29 is 22.1 Å². The van der Waals surface area contributed by atoms with Crippen molar-refractivity contribution in [3.8, 4) is 0 Å². The standard InChI is InChI=1S/C6H4F2IN3O4S/c7-5(8)4-2(12(13)14)1-3(11-6(4)9)17(10,15)16/h1,5H,(H2,10,15,16). The smallest absolute Gasteiger partial charge is 0.258 e. The summed E-state index contributed by atoms with van der Waals surface area (Å²) in [6.45, 7) is 0. The summed E-state index contributed by atoms with van der Waals surface area (Å²) in [6.07, 6.45) is -3.13. The Labute approximate surface area is 107 Å². The summed E-state index contributed by atoms with van der Waals surface area (Å²) in [7, 11) is -4.29. The lowest BCUT2D eigenvalue weighted by molar-refractivity contribution is -0.386. The van der Waals surface area contributed by atoms with Crippen molar-refractivity contribution in [2.45, 2.75) is 11.5 Å². The van der Waals surface area contributed by atoms with Crippen LogP contribution in [0.3, 0.4) is 0 Å². The molecule has 94 valence electrons. The highest BCUT2D eigenvalue weighted by Gasteiger charge is 2.29. The van der Waals surface area contributed by atoms with Gasteiger partial charge in [-0.1, -0.05) is 0 Å². The van der Waals surface area contributed by atoms with E-state index in [1.165, 1.54) is 22.6 Å². The SMILES string of the molecule is NS(=O)(=O)c1cc([N+](=O)[O-])c(C(F)F)c(I)n1. The lowest BCUT2D eigenvalue weighted by atomic mass is 10.2. The number of primary sulfonamides is 1. The van der Waals surface area contributed by atoms with Gasteiger partial charge in [-0.15, -0.1) is 0 Å². The highest BCUT2D eigenvalue weighted by Crippen LogP contribution is 2.33. The first-order valence-electron chi connectivity index (χ1n) is 3.80. The maximum atomic E-state index is 12.5. The second-order valence-corrected chi connectivity index (χ2v) is 5.32. The average Bonchev–Trinajstić information content (AvgIpc) is 2.13. The summed E-state index contributed by atoms with van der Waals surface area (Å²) in [5.74, 6) is 0. The van der Waals surface area contributed by atoms with Crippen molar-refractivity contribution in [2.24, 2.45) is 5.14 Å². The van der Waals surface area contributed by atoms with E-state index in [4.69, 9.17) is 5.14 Å². The van der Waals surface area contributed by atoms with E-state index in [-0.39, 0.29) is 0 Å². The molecule has 7 nitrogen and oxygen atoms in total. The van der Waals surface area contributed by atoms with Gasteiger partial charge in [0, 0.05) is 0 Å². The van der Waals surface area contributed by atoms with Gasteiger partial charge < -0.3 is 0 Å². The van der Waals surface area contributed by atoms with Gasteiger partial charge in [0.05, 0.1) is 11.0 Å². The third-order valence-electron chi connectivity index (χ3n) is 1.67. The van der Waals surface area contributed by atoms with Crippen molar-refractivity contribution in [2.75, 3.05) is 0 Å². The number of nitrogens with two attached hydrogens (primary N) is 1. The minimum atomic E-state index is -4.29. The molecule has 0 aliphatic heterocycles. The number of nitrogens with zero attached hydrogens (tertiary/aromatic N) is 2. The van der Waals surface area contributed by atoms with E-state index in [9.17, 15) is 27.3 Å². The molecule has 0 amide bonds. The van der Waals surface area contributed by atoms with Crippen LogP contribution in [0.2, 0.25) is 0 Å². The van der Waals surface area contributed by atoms with E-state index < -0.39 is 41.3 Å². The second kappa shape index (κ2) is 4.73. The molecule has 0 saturated heterocycles.